The van der Waals surface area contributed by atoms with Crippen LogP contribution >= 0.6 is 0 Å². The van der Waals surface area contributed by atoms with Gasteiger partial charge in [-0.1, -0.05) is 13.8 Å². The molecule has 0 aromatic carbocycles. The molecule has 0 atom stereocenters. The Morgan fingerprint density at radius 2 is 1.22 bits per heavy atom. The molecule has 0 saturated heterocycles. The van der Waals surface area contributed by atoms with Crippen LogP contribution in [0.25, 0.3) is 0 Å². The first kappa shape index (κ1) is 23.2. The Hall–Kier alpha value is -2.12. The van der Waals surface area contributed by atoms with Gasteiger partial charge in [0.2, 0.25) is 0 Å². The molecule has 0 heterocycles. The number of rotatable bonds is 9. The molecule has 0 radical (unpaired) electrons. The molecule has 0 saturated carbocycles. The number of hydrogen-bond acceptors (Lipinski definition) is 4. The van der Waals surface area contributed by atoms with E-state index in [9.17, 15) is 19.2 Å². The van der Waals surface area contributed by atoms with Gasteiger partial charge in [-0.2, -0.15) is 0 Å². The number of hydrogen-bond donors (Lipinski definition) is 4. The summed E-state index contributed by atoms with van der Waals surface area (Å²) in [4.78, 5) is 41.6. The third-order valence-electron chi connectivity index (χ3n) is 3.84. The predicted molar refractivity (Wildman–Crippen MR) is 81.2 cm³/mol. The monoisotopic (exact) mass is 334 g/mol. The highest BCUT2D eigenvalue weighted by atomic mass is 16.4. The van der Waals surface area contributed by atoms with Crippen LogP contribution in [0, 0.1) is 10.8 Å². The highest BCUT2D eigenvalue weighted by Gasteiger charge is 2.37. The third-order valence-corrected chi connectivity index (χ3v) is 3.84. The van der Waals surface area contributed by atoms with Crippen molar-refractivity contribution in [1.29, 1.82) is 0 Å². The lowest BCUT2D eigenvalue weighted by atomic mass is 9.79. The van der Waals surface area contributed by atoms with E-state index >= 15 is 0 Å². The van der Waals surface area contributed by atoms with Gasteiger partial charge in [-0.3, -0.25) is 19.2 Å². The lowest BCUT2D eigenvalue weighted by Gasteiger charge is -2.24. The molecule has 4 N–H and O–H groups in total. The number of carboxylic acids is 4. The number of carboxylic acid groups (broad SMARTS) is 4. The average Bonchev–Trinajstić information content (AvgIpc) is 2.42. The molecule has 0 bridgehead atoms. The molecule has 0 amide bonds. The fraction of sp³-hybridized carbons (Fsp3) is 0.733. The third kappa shape index (κ3) is 8.80. The van der Waals surface area contributed by atoms with Gasteiger partial charge in [0, 0.05) is 6.42 Å². The van der Waals surface area contributed by atoms with E-state index in [-0.39, 0.29) is 19.3 Å². The van der Waals surface area contributed by atoms with Gasteiger partial charge >= 0.3 is 23.9 Å². The van der Waals surface area contributed by atoms with Crippen LogP contribution < -0.4 is 0 Å². The minimum Gasteiger partial charge on any atom is -0.481 e. The molecule has 0 fully saturated rings. The smallest absolute Gasteiger partial charge is 0.310 e. The van der Waals surface area contributed by atoms with Crippen LogP contribution in [0.3, 0.4) is 0 Å². The maximum Gasteiger partial charge on any atom is 0.310 e. The predicted octanol–water partition coefficient (Wildman–Crippen LogP) is 2.31. The van der Waals surface area contributed by atoms with E-state index in [1.165, 1.54) is 13.8 Å². The first-order valence-corrected chi connectivity index (χ1v) is 7.25. The zero-order valence-corrected chi connectivity index (χ0v) is 14.0. The van der Waals surface area contributed by atoms with E-state index in [2.05, 4.69) is 0 Å². The van der Waals surface area contributed by atoms with Crippen molar-refractivity contribution in [2.75, 3.05) is 0 Å². The molecule has 23 heavy (non-hydrogen) atoms. The molecule has 0 rings (SSSR count). The van der Waals surface area contributed by atoms with Gasteiger partial charge in [-0.15, -0.1) is 0 Å². The van der Waals surface area contributed by atoms with E-state index in [4.69, 9.17) is 20.4 Å². The quantitative estimate of drug-likeness (QED) is 0.501. The van der Waals surface area contributed by atoms with E-state index in [0.29, 0.717) is 12.8 Å². The van der Waals surface area contributed by atoms with Gasteiger partial charge < -0.3 is 20.4 Å². The van der Waals surface area contributed by atoms with Crippen LogP contribution in [0.4, 0.5) is 0 Å². The Labute approximate surface area is 135 Å². The topological polar surface area (TPSA) is 149 Å². The molecular weight excluding hydrogens is 308 g/mol. The first-order valence-electron chi connectivity index (χ1n) is 7.25. The Morgan fingerprint density at radius 3 is 1.39 bits per heavy atom. The zero-order chi connectivity index (χ0) is 18.8. The summed E-state index contributed by atoms with van der Waals surface area (Å²) >= 11 is 0. The van der Waals surface area contributed by atoms with Gasteiger partial charge in [-0.25, -0.2) is 0 Å². The number of aliphatic carboxylic acids is 4. The fourth-order valence-electron chi connectivity index (χ4n) is 1.69. The number of carbonyl (C=O) groups is 4. The highest BCUT2D eigenvalue weighted by Crippen LogP contribution is 2.30. The summed E-state index contributed by atoms with van der Waals surface area (Å²) in [5.41, 5.74) is -2.01. The maximum absolute atomic E-state index is 10.8. The maximum atomic E-state index is 10.8. The van der Waals surface area contributed by atoms with Gasteiger partial charge in [0.1, 0.15) is 0 Å². The molecule has 0 spiro atoms. The van der Waals surface area contributed by atoms with Gasteiger partial charge in [0.05, 0.1) is 17.3 Å². The van der Waals surface area contributed by atoms with E-state index in [0.717, 1.165) is 0 Å². The van der Waals surface area contributed by atoms with Crippen LogP contribution in [0.5, 0.6) is 0 Å². The van der Waals surface area contributed by atoms with Crippen LogP contribution in [-0.4, -0.2) is 44.3 Å². The summed E-state index contributed by atoms with van der Waals surface area (Å²) in [6.07, 6.45) is 0.475. The summed E-state index contributed by atoms with van der Waals surface area (Å²) in [7, 11) is 0. The van der Waals surface area contributed by atoms with Gasteiger partial charge in [0.25, 0.3) is 0 Å². The molecule has 0 aliphatic heterocycles. The van der Waals surface area contributed by atoms with Crippen molar-refractivity contribution in [1.82, 2.24) is 0 Å². The second-order valence-corrected chi connectivity index (χ2v) is 5.95. The normalized spacial score (nSPS) is 11.1. The molecule has 0 aliphatic rings. The molecule has 0 aliphatic carbocycles. The Bertz CT molecular complexity index is 435. The standard InChI is InChI=1S/C8H14O4.C7H12O4/c1-3-8(4-2,7(11)12)5-6(9)10;1-7(2,6(10)11)4-3-5(8)9/h3-5H2,1-2H3,(H,9,10)(H,11,12);3-4H2,1-2H3,(H,8,9)(H,10,11). The van der Waals surface area contributed by atoms with Crippen molar-refractivity contribution >= 4 is 23.9 Å². The summed E-state index contributed by atoms with van der Waals surface area (Å²) in [6, 6.07) is 0. The van der Waals surface area contributed by atoms with Crippen molar-refractivity contribution in [3.8, 4) is 0 Å². The zero-order valence-electron chi connectivity index (χ0n) is 14.0. The van der Waals surface area contributed by atoms with E-state index < -0.39 is 34.7 Å². The van der Waals surface area contributed by atoms with E-state index in [1.54, 1.807) is 13.8 Å². The lowest BCUT2D eigenvalue weighted by molar-refractivity contribution is -0.156. The van der Waals surface area contributed by atoms with E-state index in [1.807, 2.05) is 0 Å². The SMILES string of the molecule is CC(C)(CCC(=O)O)C(=O)O.CCC(CC)(CC(=O)O)C(=O)O. The highest BCUT2D eigenvalue weighted by molar-refractivity contribution is 5.81. The second kappa shape index (κ2) is 9.81. The summed E-state index contributed by atoms with van der Waals surface area (Å²) in [5, 5.41) is 34.1. The molecule has 0 aromatic heterocycles. The Balaban J connectivity index is 0. The van der Waals surface area contributed by atoms with Crippen molar-refractivity contribution < 1.29 is 39.6 Å². The largest absolute Gasteiger partial charge is 0.481 e. The minimum absolute atomic E-state index is 0.0979. The molecule has 134 valence electrons. The lowest BCUT2D eigenvalue weighted by Crippen LogP contribution is -2.32. The first-order chi connectivity index (χ1) is 10.3. The van der Waals surface area contributed by atoms with Crippen molar-refractivity contribution in [3.63, 3.8) is 0 Å². The molecule has 0 unspecified atom stereocenters. The summed E-state index contributed by atoms with van der Waals surface area (Å²) < 4.78 is 0. The van der Waals surface area contributed by atoms with Crippen molar-refractivity contribution in [3.05, 3.63) is 0 Å². The van der Waals surface area contributed by atoms with Crippen LogP contribution in [0.2, 0.25) is 0 Å². The average molecular weight is 334 g/mol. The summed E-state index contributed by atoms with van der Waals surface area (Å²) in [6.45, 7) is 6.41. The van der Waals surface area contributed by atoms with Gasteiger partial charge in [0.15, 0.2) is 0 Å². The Kier molecular flexibility index (Phi) is 9.87. The fourth-order valence-corrected chi connectivity index (χ4v) is 1.69. The molecule has 8 heteroatoms. The summed E-state index contributed by atoms with van der Waals surface area (Å²) in [5.74, 6) is -3.99. The van der Waals surface area contributed by atoms with Crippen LogP contribution in [-0.2, 0) is 19.2 Å². The van der Waals surface area contributed by atoms with Crippen LogP contribution in [0.15, 0.2) is 0 Å². The molecular formula is C15H26O8. The van der Waals surface area contributed by atoms with Crippen molar-refractivity contribution in [2.45, 2.75) is 59.8 Å². The van der Waals surface area contributed by atoms with Gasteiger partial charge in [-0.05, 0) is 33.1 Å². The Morgan fingerprint density at radius 1 is 0.783 bits per heavy atom. The minimum atomic E-state index is -1.08. The molecule has 0 aromatic rings. The van der Waals surface area contributed by atoms with Crippen molar-refractivity contribution in [2.24, 2.45) is 10.8 Å². The second-order valence-electron chi connectivity index (χ2n) is 5.95. The molecule has 8 nitrogen and oxygen atoms in total. The van der Waals surface area contributed by atoms with Crippen LogP contribution in [0.1, 0.15) is 59.8 Å².